The first-order chi connectivity index (χ1) is 48.2. The Morgan fingerprint density at radius 2 is 1.21 bits per heavy atom. The molecule has 16 atom stereocenters. The van der Waals surface area contributed by atoms with Crippen LogP contribution in [-0.4, -0.2) is 184 Å². The summed E-state index contributed by atoms with van der Waals surface area (Å²) in [6.07, 6.45) is -16.5. The molecule has 4 unspecified atom stereocenters. The lowest BCUT2D eigenvalue weighted by molar-refractivity contribution is -0.746. The highest BCUT2D eigenvalue weighted by Gasteiger charge is 2.56. The largest absolute Gasteiger partial charge is 0.490 e. The first-order valence-electron chi connectivity index (χ1n) is 30.7. The average molecular weight is 1510 g/mol. The van der Waals surface area contributed by atoms with Crippen LogP contribution >= 0.6 is 31.3 Å². The van der Waals surface area contributed by atoms with Gasteiger partial charge in [-0.2, -0.15) is 8.62 Å². The second kappa shape index (κ2) is 30.2. The highest BCUT2D eigenvalue weighted by Crippen LogP contribution is 2.68. The summed E-state index contributed by atoms with van der Waals surface area (Å²) in [6.45, 7) is 4.16. The molecule has 0 aliphatic carbocycles. The van der Waals surface area contributed by atoms with Crippen LogP contribution in [0.1, 0.15) is 74.0 Å². The number of carbonyl (C=O) groups excluding carboxylic acids is 4. The van der Waals surface area contributed by atoms with Gasteiger partial charge in [0, 0.05) is 24.3 Å². The zero-order valence-electron chi connectivity index (χ0n) is 54.1. The van der Waals surface area contributed by atoms with Gasteiger partial charge in [0.05, 0.1) is 56.4 Å². The number of H-pyrrole nitrogens is 2. The fourth-order valence-electron chi connectivity index (χ4n) is 11.0. The molecule has 11 rings (SSSR count). The van der Waals surface area contributed by atoms with E-state index in [0.717, 1.165) is 35.2 Å². The summed E-state index contributed by atoms with van der Waals surface area (Å²) in [5, 5.41) is 27.1. The van der Waals surface area contributed by atoms with E-state index in [0.29, 0.717) is 0 Å². The SMILES string of the molecule is CCn1c[n+]([C@@H]2O[C@H](COP(=O)(O)OP(=O)(O)OP(=O)(O)OC[C@H]3O[C@@H](n4cnc5c(NC(=O)c6ccccc6)ncnc54)[C@H](OC)[C@@H]3OP(=O)(O)OC[C@H]3O[C@@H](n4cnc5c(=O)[nH]c(NC(=O)c6ccccc6)cc54)[C@H](OC(=O)C(C)C)[C@@H]3OC(=O)C(C)C)[C@@H](O)[C@H]2O)c2nc(N)[nH]c(=O)c21. The van der Waals surface area contributed by atoms with Gasteiger partial charge >= 0.3 is 48.9 Å². The van der Waals surface area contributed by atoms with Gasteiger partial charge in [-0.05, 0) is 31.2 Å². The molecular formula is C56H67N14O28P4+. The Labute approximate surface area is 573 Å². The molecule has 6 aromatic heterocycles. The van der Waals surface area contributed by atoms with Gasteiger partial charge in [-0.15, -0.1) is 0 Å². The number of hydrogen-bond donors (Lipinski definition) is 11. The number of phosphoric acid groups is 4. The Morgan fingerprint density at radius 1 is 0.657 bits per heavy atom. The van der Waals surface area contributed by atoms with Crippen LogP contribution in [0, 0.1) is 11.8 Å². The Bertz CT molecular complexity index is 4790. The van der Waals surface area contributed by atoms with Crippen LogP contribution in [0.3, 0.4) is 0 Å². The number of amides is 2. The molecule has 0 bridgehead atoms. The molecule has 0 radical (unpaired) electrons. The lowest BCUT2D eigenvalue weighted by atomic mass is 10.1. The summed E-state index contributed by atoms with van der Waals surface area (Å²) in [5.41, 5.74) is 4.22. The molecule has 548 valence electrons. The number of rotatable bonds is 28. The number of hydrogen-bond acceptors (Lipinski definition) is 30. The Balaban J connectivity index is 0.837. The maximum Gasteiger partial charge on any atom is 0.490 e. The Kier molecular flexibility index (Phi) is 22.2. The molecule has 12 N–H and O–H groups in total. The Morgan fingerprint density at radius 3 is 1.80 bits per heavy atom. The number of ether oxygens (including phenoxy) is 6. The predicted octanol–water partition coefficient (Wildman–Crippen LogP) is 2.13. The van der Waals surface area contributed by atoms with E-state index >= 15 is 0 Å². The number of nitrogen functional groups attached to an aromatic ring is 1. The number of fused-ring (bicyclic) bond motifs is 3. The fraction of sp³-hybridized carbons (Fsp3) is 0.429. The highest BCUT2D eigenvalue weighted by atomic mass is 31.3. The molecule has 0 saturated carbocycles. The van der Waals surface area contributed by atoms with E-state index in [1.165, 1.54) is 73.5 Å². The van der Waals surface area contributed by atoms with E-state index < -0.39 is 171 Å². The van der Waals surface area contributed by atoms with Crippen LogP contribution in [0.2, 0.25) is 0 Å². The van der Waals surface area contributed by atoms with E-state index in [1.54, 1.807) is 43.3 Å². The van der Waals surface area contributed by atoms with Crippen LogP contribution < -0.4 is 32.1 Å². The van der Waals surface area contributed by atoms with Crippen molar-refractivity contribution in [2.75, 3.05) is 43.3 Å². The zero-order chi connectivity index (χ0) is 73.5. The second-order valence-electron chi connectivity index (χ2n) is 23.5. The number of aryl methyl sites for hydroxylation is 1. The Hall–Kier alpha value is -8.28. The molecule has 42 nitrogen and oxygen atoms in total. The number of pyridine rings is 1. The van der Waals surface area contributed by atoms with Crippen LogP contribution in [0.5, 0.6) is 0 Å². The number of phosphoric ester groups is 3. The predicted molar refractivity (Wildman–Crippen MR) is 343 cm³/mol. The van der Waals surface area contributed by atoms with Crippen molar-refractivity contribution in [3.8, 4) is 0 Å². The van der Waals surface area contributed by atoms with Crippen molar-refractivity contribution in [2.24, 2.45) is 11.8 Å². The van der Waals surface area contributed by atoms with Gasteiger partial charge in [0.15, 0.2) is 53.5 Å². The summed E-state index contributed by atoms with van der Waals surface area (Å²) in [6, 6.07) is 17.2. The molecule has 2 aromatic carbocycles. The zero-order valence-corrected chi connectivity index (χ0v) is 57.7. The van der Waals surface area contributed by atoms with Crippen molar-refractivity contribution in [3.63, 3.8) is 0 Å². The number of imidazole rings is 3. The van der Waals surface area contributed by atoms with Crippen molar-refractivity contribution in [1.82, 2.24) is 48.6 Å². The van der Waals surface area contributed by atoms with Gasteiger partial charge in [0.2, 0.25) is 11.7 Å². The number of benzene rings is 2. The number of nitrogens with two attached hydrogens (primary N) is 1. The molecule has 3 saturated heterocycles. The van der Waals surface area contributed by atoms with Gasteiger partial charge < -0.3 is 79.6 Å². The monoisotopic (exact) mass is 1510 g/mol. The van der Waals surface area contributed by atoms with E-state index in [2.05, 4.69) is 54.1 Å². The third kappa shape index (κ3) is 16.4. The molecule has 102 heavy (non-hydrogen) atoms. The summed E-state index contributed by atoms with van der Waals surface area (Å²) in [4.78, 5) is 150. The number of anilines is 3. The number of aromatic amines is 2. The van der Waals surface area contributed by atoms with E-state index in [4.69, 9.17) is 52.2 Å². The maximum absolute atomic E-state index is 14.6. The molecular weight excluding hydrogens is 1440 g/mol. The lowest BCUT2D eigenvalue weighted by Gasteiger charge is -2.27. The van der Waals surface area contributed by atoms with Gasteiger partial charge in [-0.1, -0.05) is 69.1 Å². The minimum atomic E-state index is -6.33. The number of nitrogens with one attached hydrogen (secondary N) is 4. The summed E-state index contributed by atoms with van der Waals surface area (Å²) in [5.74, 6) is -5.21. The van der Waals surface area contributed by atoms with Crippen LogP contribution in [0.25, 0.3) is 33.4 Å². The van der Waals surface area contributed by atoms with Gasteiger partial charge in [-0.3, -0.25) is 65.5 Å². The maximum atomic E-state index is 14.6. The third-order valence-corrected chi connectivity index (χ3v) is 21.1. The van der Waals surface area contributed by atoms with E-state index in [1.807, 2.05) is 0 Å². The van der Waals surface area contributed by atoms with Crippen LogP contribution in [0.4, 0.5) is 17.6 Å². The second-order valence-corrected chi connectivity index (χ2v) is 29.5. The molecule has 8 aromatic rings. The number of esters is 2. The van der Waals surface area contributed by atoms with Crippen molar-refractivity contribution >= 4 is 106 Å². The molecule has 3 aliphatic rings. The molecule has 9 heterocycles. The highest BCUT2D eigenvalue weighted by molar-refractivity contribution is 7.66. The summed E-state index contributed by atoms with van der Waals surface area (Å²) in [7, 11) is -23.1. The van der Waals surface area contributed by atoms with Crippen molar-refractivity contribution in [2.45, 2.75) is 115 Å². The van der Waals surface area contributed by atoms with Crippen molar-refractivity contribution in [3.05, 3.63) is 124 Å². The molecule has 3 fully saturated rings. The van der Waals surface area contributed by atoms with Gasteiger partial charge in [-0.25, -0.2) is 42.8 Å². The smallest absolute Gasteiger partial charge is 0.455 e. The fourth-order valence-corrected chi connectivity index (χ4v) is 15.5. The normalized spacial score (nSPS) is 25.3. The molecule has 0 spiro atoms. The van der Waals surface area contributed by atoms with Crippen molar-refractivity contribution < 1.29 is 127 Å². The number of aliphatic hydroxyl groups excluding tert-OH is 2. The molecule has 2 amide bonds. The standard InChI is InChI=1S/C56H66N14O28P4/c1-7-67-25-70(46-37(67)50(76)66-56(57)65-46)51-39(72)38(71)31(91-51)19-89-100(81,82)97-102(85,86)98-101(83,84)90-21-33-41(42(87-6)52(93-33)69-24-61-36-44(58-22-59-45(36)69)64-48(74)29-16-12-9-13-17-29)96-99(79,80)88-20-32-40(94-54(77)26(2)3)43(95-55(78)27(4)5)53(92-32)68-23-60-35-30(68)18-34(63-49(35)75)62-47(73)28-14-10-8-11-15-28/h8-18,22-27,31-33,38-43,51-53,71-72H,7,19-21H2,1-6H3,(H9-,57,58,59,62,63,64,65,66,73,74,75,76,79,80,81,82,83,84,85,86)/p+1/t31-,32-,33-,38-,39-,40-,41-,42-,43-,51-,52-,53-/m1/s1. The van der Waals surface area contributed by atoms with Crippen molar-refractivity contribution in [1.29, 1.82) is 0 Å². The van der Waals surface area contributed by atoms with Gasteiger partial charge in [0.1, 0.15) is 54.9 Å². The van der Waals surface area contributed by atoms with E-state index in [-0.39, 0.29) is 68.6 Å². The number of aromatic nitrogens is 11. The van der Waals surface area contributed by atoms with Gasteiger partial charge in [0.25, 0.3) is 28.9 Å². The first kappa shape index (κ1) is 74.9. The third-order valence-electron chi connectivity index (χ3n) is 15.8. The lowest BCUT2D eigenvalue weighted by Crippen LogP contribution is -2.46. The van der Waals surface area contributed by atoms with E-state index in [9.17, 15) is 76.8 Å². The first-order valence-corrected chi connectivity index (χ1v) is 36.7. The average Bonchev–Trinajstić information content (AvgIpc) is 1.61. The number of nitrogens with zero attached hydrogens (tertiary/aromatic N) is 9. The van der Waals surface area contributed by atoms with Crippen LogP contribution in [0.15, 0.2) is 102 Å². The summed E-state index contributed by atoms with van der Waals surface area (Å²) >= 11 is 0. The molecule has 3 aliphatic heterocycles. The van der Waals surface area contributed by atoms with Crippen LogP contribution in [-0.2, 0) is 89.5 Å². The minimum absolute atomic E-state index is 0.00907. The summed E-state index contributed by atoms with van der Waals surface area (Å²) < 4.78 is 125. The number of aliphatic hydroxyl groups is 2. The molecule has 46 heteroatoms. The number of methoxy groups -OCH3 is 1. The quantitative estimate of drug-likeness (QED) is 0.0190. The number of carbonyl (C=O) groups is 4. The topological polar surface area (TPSA) is 568 Å². The minimum Gasteiger partial charge on any atom is -0.455 e.